The molecule has 0 N–H and O–H groups in total. The second-order valence-electron chi connectivity index (χ2n) is 2.55. The van der Waals surface area contributed by atoms with E-state index in [9.17, 15) is 8.42 Å². The Morgan fingerprint density at radius 3 is 2.21 bits per heavy atom. The first-order valence-corrected chi connectivity index (χ1v) is 5.08. The number of hydrogen-bond donors (Lipinski definition) is 0. The summed E-state index contributed by atoms with van der Waals surface area (Å²) in [4.78, 5) is 0.137. The Bertz CT molecular complexity index is 397. The standard InChI is InChI=1S/C9H10O3S.Ca.2H/c1-8(2)12-13(10,11)9-6-4-3-5-7-9;;;/h3-7H,1H2,2H3;;;. The normalized spacial score (nSPS) is 10.1. The van der Waals surface area contributed by atoms with Crippen molar-refractivity contribution >= 4 is 47.9 Å². The third kappa shape index (κ3) is 4.00. The molecule has 0 aliphatic rings. The van der Waals surface area contributed by atoms with E-state index in [1.807, 2.05) is 0 Å². The van der Waals surface area contributed by atoms with E-state index in [-0.39, 0.29) is 48.4 Å². The summed E-state index contributed by atoms with van der Waals surface area (Å²) in [5.41, 5.74) is 0. The Balaban J connectivity index is 0.00000169. The Kier molecular flexibility index (Phi) is 5.74. The van der Waals surface area contributed by atoms with Gasteiger partial charge in [-0.1, -0.05) is 24.8 Å². The third-order valence-electron chi connectivity index (χ3n) is 1.28. The van der Waals surface area contributed by atoms with Crippen LogP contribution in [0.25, 0.3) is 0 Å². The van der Waals surface area contributed by atoms with E-state index in [4.69, 9.17) is 0 Å². The third-order valence-corrected chi connectivity index (χ3v) is 2.64. The van der Waals surface area contributed by atoms with Crippen molar-refractivity contribution in [2.45, 2.75) is 11.8 Å². The monoisotopic (exact) mass is 240 g/mol. The zero-order chi connectivity index (χ0) is 9.90. The van der Waals surface area contributed by atoms with E-state index >= 15 is 0 Å². The summed E-state index contributed by atoms with van der Waals surface area (Å²) in [6.45, 7) is 4.85. The zero-order valence-electron chi connectivity index (χ0n) is 7.23. The van der Waals surface area contributed by atoms with Gasteiger partial charge in [0.15, 0.2) is 0 Å². The summed E-state index contributed by atoms with van der Waals surface area (Å²) < 4.78 is 27.3. The average Bonchev–Trinajstić information content (AvgIpc) is 2.04. The summed E-state index contributed by atoms with van der Waals surface area (Å²) in [5, 5.41) is 0. The van der Waals surface area contributed by atoms with Crippen LogP contribution in [0.2, 0.25) is 0 Å². The molecule has 0 aliphatic heterocycles. The Hall–Kier alpha value is -0.0303. The first-order valence-electron chi connectivity index (χ1n) is 3.67. The van der Waals surface area contributed by atoms with E-state index < -0.39 is 10.1 Å². The van der Waals surface area contributed by atoms with E-state index in [0.717, 1.165) is 0 Å². The van der Waals surface area contributed by atoms with E-state index in [2.05, 4.69) is 10.8 Å². The second-order valence-corrected chi connectivity index (χ2v) is 4.10. The Labute approximate surface area is 114 Å². The van der Waals surface area contributed by atoms with Crippen LogP contribution in [0.5, 0.6) is 0 Å². The molecule has 3 nitrogen and oxygen atoms in total. The van der Waals surface area contributed by atoms with Gasteiger partial charge < -0.3 is 4.18 Å². The molecule has 1 aromatic rings. The van der Waals surface area contributed by atoms with Crippen LogP contribution in [0.15, 0.2) is 47.6 Å². The van der Waals surface area contributed by atoms with Crippen LogP contribution in [0.3, 0.4) is 0 Å². The molecule has 0 aromatic heterocycles. The fourth-order valence-corrected chi connectivity index (χ4v) is 1.78. The minimum atomic E-state index is -3.66. The molecule has 5 heteroatoms. The fourth-order valence-electron chi connectivity index (χ4n) is 0.823. The molecule has 0 heterocycles. The van der Waals surface area contributed by atoms with Crippen LogP contribution in [-0.4, -0.2) is 46.2 Å². The molecule has 0 atom stereocenters. The molecular weight excluding hydrogens is 228 g/mol. The Morgan fingerprint density at radius 1 is 1.29 bits per heavy atom. The van der Waals surface area contributed by atoms with Gasteiger partial charge in [0, 0.05) is 0 Å². The van der Waals surface area contributed by atoms with Gasteiger partial charge in [-0.2, -0.15) is 8.42 Å². The van der Waals surface area contributed by atoms with Crippen molar-refractivity contribution in [3.05, 3.63) is 42.7 Å². The molecule has 0 aliphatic carbocycles. The van der Waals surface area contributed by atoms with Crippen LogP contribution in [0.1, 0.15) is 6.92 Å². The molecule has 0 spiro atoms. The summed E-state index contributed by atoms with van der Waals surface area (Å²) in [6, 6.07) is 7.94. The SMILES string of the molecule is C=C(C)OS(=O)(=O)c1ccccc1.[CaH2]. The van der Waals surface area contributed by atoms with Crippen molar-refractivity contribution in [1.82, 2.24) is 0 Å². The fraction of sp³-hybridized carbons (Fsp3) is 0.111. The molecule has 14 heavy (non-hydrogen) atoms. The molecular formula is C9H12CaO3S. The summed E-state index contributed by atoms with van der Waals surface area (Å²) in [6.07, 6.45) is 0. The van der Waals surface area contributed by atoms with Gasteiger partial charge in [0.1, 0.15) is 10.7 Å². The van der Waals surface area contributed by atoms with Crippen LogP contribution < -0.4 is 0 Å². The van der Waals surface area contributed by atoms with Crippen LogP contribution >= 0.6 is 0 Å². The van der Waals surface area contributed by atoms with Crippen molar-refractivity contribution in [3.8, 4) is 0 Å². The van der Waals surface area contributed by atoms with Crippen molar-refractivity contribution in [2.75, 3.05) is 0 Å². The number of benzene rings is 1. The first kappa shape index (κ1) is 14.0. The van der Waals surface area contributed by atoms with E-state index in [1.165, 1.54) is 19.1 Å². The number of rotatable bonds is 3. The average molecular weight is 240 g/mol. The molecule has 0 amide bonds. The predicted octanol–water partition coefficient (Wildman–Crippen LogP) is 1.01. The summed E-state index contributed by atoms with van der Waals surface area (Å²) in [5.74, 6) is 0.156. The molecule has 1 rings (SSSR count). The molecule has 74 valence electrons. The maximum absolute atomic E-state index is 11.4. The van der Waals surface area contributed by atoms with Crippen LogP contribution in [-0.2, 0) is 14.3 Å². The minimum absolute atomic E-state index is 0. The van der Waals surface area contributed by atoms with Gasteiger partial charge >= 0.3 is 47.9 Å². The molecule has 0 saturated carbocycles. The Morgan fingerprint density at radius 2 is 1.79 bits per heavy atom. The van der Waals surface area contributed by atoms with Crippen molar-refractivity contribution in [3.63, 3.8) is 0 Å². The van der Waals surface area contributed by atoms with Gasteiger partial charge in [-0.3, -0.25) is 0 Å². The molecule has 0 bridgehead atoms. The summed E-state index contributed by atoms with van der Waals surface area (Å²) >= 11 is 0. The number of allylic oxidation sites excluding steroid dienone is 1. The molecule has 0 unspecified atom stereocenters. The van der Waals surface area contributed by atoms with Gasteiger partial charge in [-0.05, 0) is 19.1 Å². The van der Waals surface area contributed by atoms with Gasteiger partial charge in [0.2, 0.25) is 0 Å². The second kappa shape index (κ2) is 5.75. The van der Waals surface area contributed by atoms with Crippen LogP contribution in [0, 0.1) is 0 Å². The van der Waals surface area contributed by atoms with E-state index in [0.29, 0.717) is 0 Å². The van der Waals surface area contributed by atoms with Crippen molar-refractivity contribution in [2.24, 2.45) is 0 Å². The molecule has 0 radical (unpaired) electrons. The van der Waals surface area contributed by atoms with Crippen molar-refractivity contribution in [1.29, 1.82) is 0 Å². The maximum atomic E-state index is 11.4. The van der Waals surface area contributed by atoms with Gasteiger partial charge in [-0.15, -0.1) is 0 Å². The summed E-state index contributed by atoms with van der Waals surface area (Å²) in [7, 11) is -3.66. The topological polar surface area (TPSA) is 43.4 Å². The molecule has 0 saturated heterocycles. The van der Waals surface area contributed by atoms with Gasteiger partial charge in [0.05, 0.1) is 0 Å². The van der Waals surface area contributed by atoms with Crippen molar-refractivity contribution < 1.29 is 12.6 Å². The molecule has 0 fully saturated rings. The van der Waals surface area contributed by atoms with Gasteiger partial charge in [-0.25, -0.2) is 0 Å². The van der Waals surface area contributed by atoms with Crippen LogP contribution in [0.4, 0.5) is 0 Å². The van der Waals surface area contributed by atoms with E-state index in [1.54, 1.807) is 18.2 Å². The van der Waals surface area contributed by atoms with Gasteiger partial charge in [0.25, 0.3) is 0 Å². The zero-order valence-corrected chi connectivity index (χ0v) is 8.04. The number of hydrogen-bond acceptors (Lipinski definition) is 3. The predicted molar refractivity (Wildman–Crippen MR) is 58.1 cm³/mol. The molecule has 1 aromatic carbocycles. The first-order chi connectivity index (χ1) is 6.02. The quantitative estimate of drug-likeness (QED) is 0.450.